The second-order valence-electron chi connectivity index (χ2n) is 5.35. The third-order valence-corrected chi connectivity index (χ3v) is 3.72. The summed E-state index contributed by atoms with van der Waals surface area (Å²) < 4.78 is 15.1. The highest BCUT2D eigenvalue weighted by Crippen LogP contribution is 2.26. The molecule has 1 heterocycles. The zero-order chi connectivity index (χ0) is 16.6. The number of rotatable bonds is 4. The maximum absolute atomic E-state index is 13.2. The summed E-state index contributed by atoms with van der Waals surface area (Å²) in [6, 6.07) is 9.43. The summed E-state index contributed by atoms with van der Waals surface area (Å²) in [5, 5.41) is 14.0. The van der Waals surface area contributed by atoms with Crippen molar-refractivity contribution in [1.82, 2.24) is 9.55 Å². The summed E-state index contributed by atoms with van der Waals surface area (Å²) in [4.78, 5) is 14.9. The molecule has 0 radical (unpaired) electrons. The molecule has 0 atom stereocenters. The third kappa shape index (κ3) is 2.85. The van der Waals surface area contributed by atoms with Gasteiger partial charge in [-0.2, -0.15) is 0 Å². The first-order valence-corrected chi connectivity index (χ1v) is 7.05. The number of anilines is 1. The van der Waals surface area contributed by atoms with E-state index in [2.05, 4.69) is 10.3 Å². The van der Waals surface area contributed by atoms with Crippen LogP contribution in [0, 0.1) is 22.9 Å². The van der Waals surface area contributed by atoms with E-state index < -0.39 is 10.7 Å². The molecule has 0 saturated carbocycles. The minimum Gasteiger partial charge on any atom is -0.372 e. The Labute approximate surface area is 131 Å². The van der Waals surface area contributed by atoms with Crippen molar-refractivity contribution in [2.24, 2.45) is 7.05 Å². The van der Waals surface area contributed by atoms with Gasteiger partial charge in [0.25, 0.3) is 5.69 Å². The number of nitro groups is 1. The van der Waals surface area contributed by atoms with Gasteiger partial charge in [0, 0.05) is 7.05 Å². The van der Waals surface area contributed by atoms with Crippen LogP contribution in [0.4, 0.5) is 15.8 Å². The number of nitrogens with zero attached hydrogens (tertiary/aromatic N) is 3. The van der Waals surface area contributed by atoms with Gasteiger partial charge in [-0.3, -0.25) is 10.1 Å². The van der Waals surface area contributed by atoms with Crippen LogP contribution >= 0.6 is 0 Å². The van der Waals surface area contributed by atoms with Gasteiger partial charge in [-0.1, -0.05) is 6.07 Å². The predicted octanol–water partition coefficient (Wildman–Crippen LogP) is 3.54. The van der Waals surface area contributed by atoms with E-state index in [1.165, 1.54) is 12.1 Å². The van der Waals surface area contributed by atoms with Gasteiger partial charge in [-0.15, -0.1) is 0 Å². The number of fused-ring (bicyclic) bond motifs is 1. The first-order chi connectivity index (χ1) is 11.0. The van der Waals surface area contributed by atoms with E-state index in [-0.39, 0.29) is 11.4 Å². The zero-order valence-electron chi connectivity index (χ0n) is 12.7. The lowest BCUT2D eigenvalue weighted by molar-refractivity contribution is -0.384. The van der Waals surface area contributed by atoms with Crippen LogP contribution in [-0.2, 0) is 13.6 Å². The number of aromatic nitrogens is 2. The molecule has 0 unspecified atom stereocenters. The Kier molecular flexibility index (Phi) is 3.69. The van der Waals surface area contributed by atoms with E-state index in [4.69, 9.17) is 0 Å². The Morgan fingerprint density at radius 3 is 2.83 bits per heavy atom. The van der Waals surface area contributed by atoms with Gasteiger partial charge < -0.3 is 9.88 Å². The van der Waals surface area contributed by atoms with Crippen molar-refractivity contribution in [2.45, 2.75) is 13.5 Å². The van der Waals surface area contributed by atoms with Crippen molar-refractivity contribution in [3.05, 3.63) is 63.7 Å². The Morgan fingerprint density at radius 2 is 2.09 bits per heavy atom. The van der Waals surface area contributed by atoms with Crippen molar-refractivity contribution in [2.75, 3.05) is 5.32 Å². The molecule has 2 aromatic carbocycles. The minimum atomic E-state index is -0.638. The van der Waals surface area contributed by atoms with Crippen LogP contribution in [0.1, 0.15) is 11.4 Å². The van der Waals surface area contributed by atoms with E-state index in [1.54, 1.807) is 0 Å². The normalized spacial score (nSPS) is 10.9. The highest BCUT2D eigenvalue weighted by atomic mass is 19.1. The van der Waals surface area contributed by atoms with E-state index in [0.717, 1.165) is 28.5 Å². The molecule has 7 heteroatoms. The molecule has 0 spiro atoms. The quantitative estimate of drug-likeness (QED) is 0.590. The number of aryl methyl sites for hydroxylation is 2. The molecule has 6 nitrogen and oxygen atoms in total. The molecule has 0 aliphatic rings. The molecular formula is C16H15FN4O2. The number of hydrogen-bond donors (Lipinski definition) is 1. The average Bonchev–Trinajstić information content (AvgIpc) is 2.81. The molecule has 23 heavy (non-hydrogen) atoms. The fourth-order valence-electron chi connectivity index (χ4n) is 2.50. The minimum absolute atomic E-state index is 0.264. The Hall–Kier alpha value is -2.96. The average molecular weight is 314 g/mol. The van der Waals surface area contributed by atoms with Gasteiger partial charge in [-0.25, -0.2) is 9.37 Å². The molecular weight excluding hydrogens is 299 g/mol. The lowest BCUT2D eigenvalue weighted by Crippen LogP contribution is -2.07. The maximum Gasteiger partial charge on any atom is 0.295 e. The first kappa shape index (κ1) is 15.0. The number of imidazole rings is 1. The fourth-order valence-corrected chi connectivity index (χ4v) is 2.50. The third-order valence-electron chi connectivity index (χ3n) is 3.72. The van der Waals surface area contributed by atoms with Crippen LogP contribution in [-0.4, -0.2) is 14.5 Å². The van der Waals surface area contributed by atoms with E-state index in [1.807, 2.05) is 36.7 Å². The zero-order valence-corrected chi connectivity index (χ0v) is 12.7. The molecule has 1 N–H and O–H groups in total. The monoisotopic (exact) mass is 314 g/mol. The van der Waals surface area contributed by atoms with E-state index >= 15 is 0 Å². The molecule has 0 aliphatic heterocycles. The van der Waals surface area contributed by atoms with Crippen molar-refractivity contribution < 1.29 is 9.31 Å². The largest absolute Gasteiger partial charge is 0.372 e. The van der Waals surface area contributed by atoms with E-state index in [0.29, 0.717) is 6.54 Å². The number of nitro benzene ring substituents is 1. The predicted molar refractivity (Wildman–Crippen MR) is 85.8 cm³/mol. The van der Waals surface area contributed by atoms with Crippen LogP contribution in [0.5, 0.6) is 0 Å². The Bertz CT molecular complexity index is 904. The molecule has 118 valence electrons. The lowest BCUT2D eigenvalue weighted by Gasteiger charge is -2.07. The topological polar surface area (TPSA) is 73.0 Å². The summed E-state index contributed by atoms with van der Waals surface area (Å²) in [6.45, 7) is 2.30. The van der Waals surface area contributed by atoms with Crippen LogP contribution < -0.4 is 5.32 Å². The molecule has 0 aliphatic carbocycles. The van der Waals surface area contributed by atoms with Crippen LogP contribution in [0.15, 0.2) is 36.4 Å². The molecule has 0 amide bonds. The highest BCUT2D eigenvalue weighted by Gasteiger charge is 2.15. The van der Waals surface area contributed by atoms with Gasteiger partial charge in [0.1, 0.15) is 17.3 Å². The second-order valence-corrected chi connectivity index (χ2v) is 5.35. The fraction of sp³-hybridized carbons (Fsp3) is 0.188. The molecule has 1 aromatic heterocycles. The summed E-state index contributed by atoms with van der Waals surface area (Å²) in [5.74, 6) is 0.102. The Morgan fingerprint density at radius 1 is 1.30 bits per heavy atom. The summed E-state index contributed by atoms with van der Waals surface area (Å²) in [7, 11) is 1.89. The van der Waals surface area contributed by atoms with Crippen molar-refractivity contribution in [3.8, 4) is 0 Å². The number of hydrogen-bond acceptors (Lipinski definition) is 4. The molecule has 0 bridgehead atoms. The standard InChI is InChI=1S/C16H15FN4O2/c1-10-3-6-14-13(7-10)19-16(20(14)2)9-18-12-5-4-11(17)8-15(12)21(22)23/h3-8,18H,9H2,1-2H3. The summed E-state index contributed by atoms with van der Waals surface area (Å²) >= 11 is 0. The first-order valence-electron chi connectivity index (χ1n) is 7.05. The van der Waals surface area contributed by atoms with Gasteiger partial charge in [0.15, 0.2) is 0 Å². The summed E-state index contributed by atoms with van der Waals surface area (Å²) in [5.41, 5.74) is 2.95. The van der Waals surface area contributed by atoms with Gasteiger partial charge in [0.2, 0.25) is 0 Å². The molecule has 3 rings (SSSR count). The summed E-state index contributed by atoms with van der Waals surface area (Å²) in [6.07, 6.45) is 0. The molecule has 0 saturated heterocycles. The number of nitrogens with one attached hydrogen (secondary N) is 1. The Balaban J connectivity index is 1.89. The highest BCUT2D eigenvalue weighted by molar-refractivity contribution is 5.76. The van der Waals surface area contributed by atoms with E-state index in [9.17, 15) is 14.5 Å². The molecule has 3 aromatic rings. The van der Waals surface area contributed by atoms with Crippen LogP contribution in [0.25, 0.3) is 11.0 Å². The number of halogens is 1. The van der Waals surface area contributed by atoms with Crippen LogP contribution in [0.2, 0.25) is 0 Å². The second kappa shape index (κ2) is 5.68. The van der Waals surface area contributed by atoms with Gasteiger partial charge in [-0.05, 0) is 36.8 Å². The van der Waals surface area contributed by atoms with Gasteiger partial charge in [0.05, 0.1) is 28.6 Å². The molecule has 0 fully saturated rings. The smallest absolute Gasteiger partial charge is 0.295 e. The lowest BCUT2D eigenvalue weighted by atomic mass is 10.2. The van der Waals surface area contributed by atoms with Crippen molar-refractivity contribution in [3.63, 3.8) is 0 Å². The maximum atomic E-state index is 13.2. The number of benzene rings is 2. The van der Waals surface area contributed by atoms with Crippen LogP contribution in [0.3, 0.4) is 0 Å². The van der Waals surface area contributed by atoms with Crippen molar-refractivity contribution in [1.29, 1.82) is 0 Å². The van der Waals surface area contributed by atoms with Gasteiger partial charge >= 0.3 is 0 Å². The van der Waals surface area contributed by atoms with Crippen molar-refractivity contribution >= 4 is 22.4 Å². The SMILES string of the molecule is Cc1ccc2c(c1)nc(CNc1ccc(F)cc1[N+](=O)[O-])n2C.